The van der Waals surface area contributed by atoms with Crippen molar-refractivity contribution >= 4 is 11.6 Å². The summed E-state index contributed by atoms with van der Waals surface area (Å²) in [6, 6.07) is 14.7. The third-order valence-electron chi connectivity index (χ3n) is 3.33. The van der Waals surface area contributed by atoms with Crippen molar-refractivity contribution in [3.8, 4) is 11.4 Å². The summed E-state index contributed by atoms with van der Waals surface area (Å²) in [5.41, 5.74) is 2.11. The average molecular weight is 307 g/mol. The third-order valence-corrected chi connectivity index (χ3v) is 3.33. The number of nitrogens with zero attached hydrogens (tertiary/aromatic N) is 2. The lowest BCUT2D eigenvalue weighted by molar-refractivity contribution is 0.102. The van der Waals surface area contributed by atoms with Gasteiger partial charge in [-0.15, -0.1) is 0 Å². The first-order valence-electron chi connectivity index (χ1n) is 7.40. The fourth-order valence-corrected chi connectivity index (χ4v) is 2.28. The number of aromatic nitrogens is 2. The molecule has 1 amide bonds. The Bertz CT molecular complexity index is 780. The van der Waals surface area contributed by atoms with Crippen molar-refractivity contribution in [3.05, 3.63) is 72.8 Å². The number of benzene rings is 1. The van der Waals surface area contributed by atoms with Gasteiger partial charge in [0.25, 0.3) is 5.91 Å². The van der Waals surface area contributed by atoms with Gasteiger partial charge in [0.1, 0.15) is 11.4 Å². The van der Waals surface area contributed by atoms with Crippen LogP contribution in [0.15, 0.2) is 67.1 Å². The van der Waals surface area contributed by atoms with E-state index in [4.69, 9.17) is 4.74 Å². The van der Waals surface area contributed by atoms with Crippen LogP contribution in [-0.2, 0) is 0 Å². The highest BCUT2D eigenvalue weighted by Crippen LogP contribution is 2.17. The maximum absolute atomic E-state index is 12.5. The average Bonchev–Trinajstić information content (AvgIpc) is 3.07. The van der Waals surface area contributed by atoms with Gasteiger partial charge in [0, 0.05) is 18.1 Å². The predicted molar refractivity (Wildman–Crippen MR) is 89.1 cm³/mol. The summed E-state index contributed by atoms with van der Waals surface area (Å²) in [4.78, 5) is 16.6. The second-order valence-electron chi connectivity index (χ2n) is 4.89. The van der Waals surface area contributed by atoms with E-state index in [2.05, 4.69) is 10.3 Å². The number of carbonyl (C=O) groups excluding carboxylic acids is 1. The van der Waals surface area contributed by atoms with Gasteiger partial charge < -0.3 is 14.6 Å². The molecule has 1 aromatic carbocycles. The molecule has 2 aromatic heterocycles. The number of hydrogen-bond acceptors (Lipinski definition) is 3. The smallest absolute Gasteiger partial charge is 0.272 e. The van der Waals surface area contributed by atoms with Gasteiger partial charge in [-0.3, -0.25) is 9.78 Å². The van der Waals surface area contributed by atoms with Crippen molar-refractivity contribution in [2.45, 2.75) is 6.92 Å². The van der Waals surface area contributed by atoms with E-state index in [1.807, 2.05) is 55.6 Å². The number of pyridine rings is 1. The zero-order valence-corrected chi connectivity index (χ0v) is 12.8. The van der Waals surface area contributed by atoms with E-state index < -0.39 is 0 Å². The number of hydrogen-bond donors (Lipinski definition) is 1. The molecule has 1 N–H and O–H groups in total. The number of rotatable bonds is 5. The SMILES string of the molecule is CCOc1ccc(NC(=O)c2cccn2-c2cccnc2)cc1. The molecule has 0 fully saturated rings. The summed E-state index contributed by atoms with van der Waals surface area (Å²) < 4.78 is 7.19. The predicted octanol–water partition coefficient (Wildman–Crippen LogP) is 3.52. The molecule has 0 aliphatic heterocycles. The Labute approximate surface area is 134 Å². The minimum atomic E-state index is -0.178. The van der Waals surface area contributed by atoms with Crippen molar-refractivity contribution < 1.29 is 9.53 Å². The van der Waals surface area contributed by atoms with Crippen LogP contribution in [0.5, 0.6) is 5.75 Å². The van der Waals surface area contributed by atoms with Crippen molar-refractivity contribution in [2.24, 2.45) is 0 Å². The van der Waals surface area contributed by atoms with Crippen LogP contribution >= 0.6 is 0 Å². The monoisotopic (exact) mass is 307 g/mol. The molecule has 0 bridgehead atoms. The Balaban J connectivity index is 1.78. The Morgan fingerprint density at radius 3 is 2.70 bits per heavy atom. The summed E-state index contributed by atoms with van der Waals surface area (Å²) >= 11 is 0. The van der Waals surface area contributed by atoms with Crippen LogP contribution in [0.25, 0.3) is 5.69 Å². The summed E-state index contributed by atoms with van der Waals surface area (Å²) in [5.74, 6) is 0.604. The van der Waals surface area contributed by atoms with Gasteiger partial charge >= 0.3 is 0 Å². The highest BCUT2D eigenvalue weighted by Gasteiger charge is 2.12. The van der Waals surface area contributed by atoms with Crippen molar-refractivity contribution in [1.29, 1.82) is 0 Å². The molecule has 0 aliphatic carbocycles. The van der Waals surface area contributed by atoms with Crippen LogP contribution in [0.3, 0.4) is 0 Å². The van der Waals surface area contributed by atoms with Crippen LogP contribution < -0.4 is 10.1 Å². The van der Waals surface area contributed by atoms with E-state index in [0.29, 0.717) is 12.3 Å². The van der Waals surface area contributed by atoms with Gasteiger partial charge in [-0.1, -0.05) is 0 Å². The van der Waals surface area contributed by atoms with E-state index in [1.54, 1.807) is 23.0 Å². The minimum Gasteiger partial charge on any atom is -0.494 e. The maximum Gasteiger partial charge on any atom is 0.272 e. The summed E-state index contributed by atoms with van der Waals surface area (Å²) in [6.07, 6.45) is 5.25. The molecule has 5 heteroatoms. The van der Waals surface area contributed by atoms with E-state index in [1.165, 1.54) is 0 Å². The van der Waals surface area contributed by atoms with E-state index >= 15 is 0 Å². The molecule has 23 heavy (non-hydrogen) atoms. The molecule has 0 saturated heterocycles. The Morgan fingerprint density at radius 2 is 2.00 bits per heavy atom. The fraction of sp³-hybridized carbons (Fsp3) is 0.111. The normalized spacial score (nSPS) is 10.3. The number of anilines is 1. The maximum atomic E-state index is 12.5. The van der Waals surface area contributed by atoms with Gasteiger partial charge in [0.05, 0.1) is 18.5 Å². The molecule has 3 rings (SSSR count). The van der Waals surface area contributed by atoms with Crippen LogP contribution in [0.1, 0.15) is 17.4 Å². The molecule has 0 aliphatic rings. The second-order valence-corrected chi connectivity index (χ2v) is 4.89. The van der Waals surface area contributed by atoms with E-state index in [0.717, 1.165) is 17.1 Å². The number of ether oxygens (including phenoxy) is 1. The van der Waals surface area contributed by atoms with Crippen LogP contribution in [0.2, 0.25) is 0 Å². The quantitative estimate of drug-likeness (QED) is 0.784. The molecule has 116 valence electrons. The number of carbonyl (C=O) groups is 1. The third kappa shape index (κ3) is 3.40. The highest BCUT2D eigenvalue weighted by atomic mass is 16.5. The summed E-state index contributed by atoms with van der Waals surface area (Å²) in [7, 11) is 0. The molecule has 0 spiro atoms. The van der Waals surface area contributed by atoms with E-state index in [9.17, 15) is 4.79 Å². The first-order valence-corrected chi connectivity index (χ1v) is 7.40. The molecule has 3 aromatic rings. The summed E-state index contributed by atoms with van der Waals surface area (Å²) in [6.45, 7) is 2.55. The molecule has 0 radical (unpaired) electrons. The molecule has 0 atom stereocenters. The van der Waals surface area contributed by atoms with Gasteiger partial charge in [0.2, 0.25) is 0 Å². The van der Waals surface area contributed by atoms with Gasteiger partial charge in [0.15, 0.2) is 0 Å². The first-order chi connectivity index (χ1) is 11.3. The van der Waals surface area contributed by atoms with Crippen molar-refractivity contribution in [3.63, 3.8) is 0 Å². The van der Waals surface area contributed by atoms with Gasteiger partial charge in [-0.05, 0) is 55.5 Å². The Kier molecular flexibility index (Phi) is 4.38. The van der Waals surface area contributed by atoms with Gasteiger partial charge in [-0.25, -0.2) is 0 Å². The number of nitrogens with one attached hydrogen (secondary N) is 1. The standard InChI is InChI=1S/C18H17N3O2/c1-2-23-16-9-7-14(8-10-16)20-18(22)17-6-4-12-21(17)15-5-3-11-19-13-15/h3-13H,2H2,1H3,(H,20,22). The van der Waals surface area contributed by atoms with Crippen molar-refractivity contribution in [1.82, 2.24) is 9.55 Å². The number of amides is 1. The topological polar surface area (TPSA) is 56.1 Å². The molecular weight excluding hydrogens is 290 g/mol. The second kappa shape index (κ2) is 6.79. The van der Waals surface area contributed by atoms with Crippen LogP contribution in [0, 0.1) is 0 Å². The zero-order valence-electron chi connectivity index (χ0n) is 12.8. The highest BCUT2D eigenvalue weighted by molar-refractivity contribution is 6.03. The molecule has 5 nitrogen and oxygen atoms in total. The molecule has 2 heterocycles. The lowest BCUT2D eigenvalue weighted by Gasteiger charge is -2.10. The first kappa shape index (κ1) is 14.8. The van der Waals surface area contributed by atoms with Crippen molar-refractivity contribution in [2.75, 3.05) is 11.9 Å². The lowest BCUT2D eigenvalue weighted by Crippen LogP contribution is -2.16. The van der Waals surface area contributed by atoms with E-state index in [-0.39, 0.29) is 5.91 Å². The fourth-order valence-electron chi connectivity index (χ4n) is 2.28. The largest absolute Gasteiger partial charge is 0.494 e. The van der Waals surface area contributed by atoms with Crippen LogP contribution in [-0.4, -0.2) is 22.1 Å². The zero-order chi connectivity index (χ0) is 16.1. The lowest BCUT2D eigenvalue weighted by atomic mass is 10.3. The van der Waals surface area contributed by atoms with Crippen LogP contribution in [0.4, 0.5) is 5.69 Å². The molecule has 0 unspecified atom stereocenters. The van der Waals surface area contributed by atoms with Gasteiger partial charge in [-0.2, -0.15) is 0 Å². The minimum absolute atomic E-state index is 0.178. The summed E-state index contributed by atoms with van der Waals surface area (Å²) in [5, 5.41) is 2.89. The molecular formula is C18H17N3O2. The Morgan fingerprint density at radius 1 is 1.17 bits per heavy atom. The molecule has 0 saturated carbocycles. The Hall–Kier alpha value is -3.08.